The molecule has 0 aliphatic carbocycles. The number of terminal acetylenes is 1. The zero-order valence-corrected chi connectivity index (χ0v) is 9.47. The van der Waals surface area contributed by atoms with Crippen molar-refractivity contribution in [2.45, 2.75) is 6.42 Å². The fraction of sp³-hybridized carbons (Fsp3) is 0.231. The predicted molar refractivity (Wildman–Crippen MR) is 66.1 cm³/mol. The van der Waals surface area contributed by atoms with E-state index in [4.69, 9.17) is 10.8 Å². The second-order valence-corrected chi connectivity index (χ2v) is 4.27. The van der Waals surface area contributed by atoms with Gasteiger partial charge in [0.1, 0.15) is 0 Å². The monoisotopic (exact) mass is 242 g/mol. The van der Waals surface area contributed by atoms with Crippen molar-refractivity contribution >= 4 is 22.7 Å². The number of aromatic amines is 1. The van der Waals surface area contributed by atoms with E-state index in [1.165, 1.54) is 0 Å². The number of fused-ring (bicyclic) bond motifs is 1. The molecule has 1 N–H and O–H groups in total. The molecular weight excluding hydrogens is 232 g/mol. The second-order valence-electron chi connectivity index (χ2n) is 4.27. The summed E-state index contributed by atoms with van der Waals surface area (Å²) < 4.78 is 4.91. The van der Waals surface area contributed by atoms with Crippen LogP contribution in [-0.4, -0.2) is 17.4 Å². The van der Waals surface area contributed by atoms with Crippen molar-refractivity contribution in [3.63, 3.8) is 0 Å². The zero-order valence-electron chi connectivity index (χ0n) is 9.47. The molecule has 0 bridgehead atoms. The molecule has 5 nitrogen and oxygen atoms in total. The summed E-state index contributed by atoms with van der Waals surface area (Å²) in [5, 5.41) is 0. The van der Waals surface area contributed by atoms with Gasteiger partial charge in [-0.1, -0.05) is 0 Å². The summed E-state index contributed by atoms with van der Waals surface area (Å²) in [6, 6.07) is 5.13. The minimum absolute atomic E-state index is 0.00291. The van der Waals surface area contributed by atoms with Crippen molar-refractivity contribution in [1.82, 2.24) is 4.98 Å². The Balaban J connectivity index is 2.02. The lowest BCUT2D eigenvalue weighted by Crippen LogP contribution is -2.24. The van der Waals surface area contributed by atoms with E-state index in [1.54, 1.807) is 23.1 Å². The number of nitrogens with zero attached hydrogens (tertiary/aromatic N) is 1. The molecule has 1 fully saturated rings. The summed E-state index contributed by atoms with van der Waals surface area (Å²) in [5.74, 6) is 2.05. The van der Waals surface area contributed by atoms with Crippen LogP contribution in [0, 0.1) is 18.3 Å². The van der Waals surface area contributed by atoms with Crippen molar-refractivity contribution in [2.75, 3.05) is 11.4 Å². The maximum absolute atomic E-state index is 11.8. The van der Waals surface area contributed by atoms with Crippen molar-refractivity contribution in [2.24, 2.45) is 5.92 Å². The third kappa shape index (κ3) is 1.59. The number of H-pyrrole nitrogens is 1. The Labute approximate surface area is 102 Å². The first-order chi connectivity index (χ1) is 8.67. The number of rotatable bonds is 1. The average molecular weight is 242 g/mol. The van der Waals surface area contributed by atoms with Crippen LogP contribution in [0.5, 0.6) is 0 Å². The molecule has 1 aromatic carbocycles. The molecule has 2 aromatic rings. The molecule has 1 amide bonds. The van der Waals surface area contributed by atoms with Crippen LogP contribution >= 0.6 is 0 Å². The summed E-state index contributed by atoms with van der Waals surface area (Å²) >= 11 is 0. The molecule has 3 rings (SSSR count). The summed E-state index contributed by atoms with van der Waals surface area (Å²) in [7, 11) is 0. The van der Waals surface area contributed by atoms with Gasteiger partial charge in [0.05, 0.1) is 5.52 Å². The van der Waals surface area contributed by atoms with Crippen molar-refractivity contribution < 1.29 is 9.21 Å². The lowest BCUT2D eigenvalue weighted by molar-refractivity contribution is -0.117. The highest BCUT2D eigenvalue weighted by Gasteiger charge is 2.29. The maximum atomic E-state index is 11.8. The summed E-state index contributed by atoms with van der Waals surface area (Å²) in [6.45, 7) is 0.517. The van der Waals surface area contributed by atoms with E-state index < -0.39 is 5.76 Å². The topological polar surface area (TPSA) is 66.3 Å². The van der Waals surface area contributed by atoms with Gasteiger partial charge >= 0.3 is 5.76 Å². The van der Waals surface area contributed by atoms with E-state index in [0.717, 1.165) is 5.69 Å². The minimum Gasteiger partial charge on any atom is -0.408 e. The second kappa shape index (κ2) is 3.77. The van der Waals surface area contributed by atoms with E-state index >= 15 is 0 Å². The number of hydrogen-bond donors (Lipinski definition) is 1. The standard InChI is InChI=1S/C13H10N2O3/c1-2-8-5-12(16)15(7-8)9-3-4-11-10(6-9)14-13(17)18-11/h1,3-4,6,8H,5,7H2,(H,14,17). The average Bonchev–Trinajstić information content (AvgIpc) is 2.89. The van der Waals surface area contributed by atoms with E-state index in [-0.39, 0.29) is 11.8 Å². The highest BCUT2D eigenvalue weighted by atomic mass is 16.4. The zero-order chi connectivity index (χ0) is 12.7. The Morgan fingerprint density at radius 3 is 3.00 bits per heavy atom. The molecular formula is C13H10N2O3. The number of hydrogen-bond acceptors (Lipinski definition) is 3. The first-order valence-electron chi connectivity index (χ1n) is 5.57. The number of carbonyl (C=O) groups excluding carboxylic acids is 1. The predicted octanol–water partition coefficient (Wildman–Crippen LogP) is 1.11. The highest BCUT2D eigenvalue weighted by Crippen LogP contribution is 2.26. The van der Waals surface area contributed by atoms with Crippen LogP contribution in [0.3, 0.4) is 0 Å². The van der Waals surface area contributed by atoms with Crippen LogP contribution in [0.1, 0.15) is 6.42 Å². The summed E-state index contributed by atoms with van der Waals surface area (Å²) in [6.07, 6.45) is 5.71. The number of oxazole rings is 1. The first kappa shape index (κ1) is 10.7. The Kier molecular flexibility index (Phi) is 2.23. The fourth-order valence-corrected chi connectivity index (χ4v) is 2.18. The molecule has 2 heterocycles. The van der Waals surface area contributed by atoms with E-state index in [0.29, 0.717) is 24.1 Å². The smallest absolute Gasteiger partial charge is 0.408 e. The van der Waals surface area contributed by atoms with Gasteiger partial charge in [-0.25, -0.2) is 4.79 Å². The van der Waals surface area contributed by atoms with Crippen LogP contribution in [0.15, 0.2) is 27.4 Å². The van der Waals surface area contributed by atoms with Crippen molar-refractivity contribution in [1.29, 1.82) is 0 Å². The van der Waals surface area contributed by atoms with E-state index in [2.05, 4.69) is 10.9 Å². The van der Waals surface area contributed by atoms with Gasteiger partial charge in [-0.3, -0.25) is 9.78 Å². The molecule has 1 aliphatic heterocycles. The molecule has 18 heavy (non-hydrogen) atoms. The molecule has 5 heteroatoms. The van der Waals surface area contributed by atoms with Crippen molar-refractivity contribution in [3.05, 3.63) is 28.7 Å². The Morgan fingerprint density at radius 2 is 2.28 bits per heavy atom. The third-order valence-corrected chi connectivity index (χ3v) is 3.07. The number of nitrogens with one attached hydrogen (secondary N) is 1. The number of carbonyl (C=O) groups is 1. The Hall–Kier alpha value is -2.48. The van der Waals surface area contributed by atoms with Gasteiger partial charge in [-0.15, -0.1) is 12.3 Å². The third-order valence-electron chi connectivity index (χ3n) is 3.07. The van der Waals surface area contributed by atoms with Gasteiger partial charge in [0.25, 0.3) is 0 Å². The number of aromatic nitrogens is 1. The molecule has 1 aromatic heterocycles. The SMILES string of the molecule is C#CC1CC(=O)N(c2ccc3oc(=O)[nH]c3c2)C1. The van der Waals surface area contributed by atoms with Crippen molar-refractivity contribution in [3.8, 4) is 12.3 Å². The van der Waals surface area contributed by atoms with Crippen LogP contribution in [0.2, 0.25) is 0 Å². The quantitative estimate of drug-likeness (QED) is 0.762. The Bertz CT molecular complexity index is 720. The number of amides is 1. The molecule has 90 valence electrons. The van der Waals surface area contributed by atoms with E-state index in [9.17, 15) is 9.59 Å². The first-order valence-corrected chi connectivity index (χ1v) is 5.57. The molecule has 0 radical (unpaired) electrons. The minimum atomic E-state index is -0.503. The summed E-state index contributed by atoms with van der Waals surface area (Å²) in [5.41, 5.74) is 1.78. The lowest BCUT2D eigenvalue weighted by atomic mass is 10.1. The molecule has 0 saturated carbocycles. The number of anilines is 1. The van der Waals surface area contributed by atoms with Gasteiger partial charge in [0, 0.05) is 24.6 Å². The largest absolute Gasteiger partial charge is 0.417 e. The lowest BCUT2D eigenvalue weighted by Gasteiger charge is -2.15. The summed E-state index contributed by atoms with van der Waals surface area (Å²) in [4.78, 5) is 27.1. The van der Waals surface area contributed by atoms with Gasteiger partial charge in [0.2, 0.25) is 5.91 Å². The number of benzene rings is 1. The van der Waals surface area contributed by atoms with Crippen LogP contribution in [0.4, 0.5) is 5.69 Å². The van der Waals surface area contributed by atoms with Gasteiger partial charge in [-0.2, -0.15) is 0 Å². The fourth-order valence-electron chi connectivity index (χ4n) is 2.18. The van der Waals surface area contributed by atoms with Gasteiger partial charge in [-0.05, 0) is 18.2 Å². The molecule has 1 saturated heterocycles. The molecule has 1 atom stereocenters. The highest BCUT2D eigenvalue weighted by molar-refractivity contribution is 5.97. The van der Waals surface area contributed by atoms with E-state index in [1.807, 2.05) is 0 Å². The Morgan fingerprint density at radius 1 is 1.44 bits per heavy atom. The molecule has 1 aliphatic rings. The van der Waals surface area contributed by atoms with Crippen LogP contribution < -0.4 is 10.7 Å². The normalized spacial score (nSPS) is 19.4. The molecule has 1 unspecified atom stereocenters. The van der Waals surface area contributed by atoms with Crippen LogP contribution in [-0.2, 0) is 4.79 Å². The molecule has 0 spiro atoms. The van der Waals surface area contributed by atoms with Gasteiger partial charge < -0.3 is 9.32 Å². The van der Waals surface area contributed by atoms with Crippen LogP contribution in [0.25, 0.3) is 11.1 Å². The maximum Gasteiger partial charge on any atom is 0.417 e. The van der Waals surface area contributed by atoms with Gasteiger partial charge in [0.15, 0.2) is 5.58 Å².